The van der Waals surface area contributed by atoms with Crippen LogP contribution < -0.4 is 25.6 Å². The summed E-state index contributed by atoms with van der Waals surface area (Å²) in [7, 11) is 4.01. The number of halogens is 1. The molecule has 8 rings (SSSR count). The smallest absolute Gasteiger partial charge is 0.229 e. The van der Waals surface area contributed by atoms with Crippen LogP contribution in [0.1, 0.15) is 31.7 Å². The lowest BCUT2D eigenvalue weighted by molar-refractivity contribution is -0.0681. The van der Waals surface area contributed by atoms with Gasteiger partial charge in [-0.3, -0.25) is 19.8 Å². The van der Waals surface area contributed by atoms with Crippen molar-refractivity contribution < 1.29 is 4.74 Å². The quantitative estimate of drug-likeness (QED) is 0.200. The third-order valence-electron chi connectivity index (χ3n) is 10.1. The van der Waals surface area contributed by atoms with E-state index < -0.39 is 6.04 Å². The molecule has 0 amide bonds. The number of ether oxygens (including phenoxy) is 1. The summed E-state index contributed by atoms with van der Waals surface area (Å²) in [6.45, 7) is 11.0. The van der Waals surface area contributed by atoms with Gasteiger partial charge in [-0.15, -0.1) is 0 Å². The zero-order valence-corrected chi connectivity index (χ0v) is 31.0. The van der Waals surface area contributed by atoms with Crippen molar-refractivity contribution in [1.82, 2.24) is 29.7 Å². The summed E-state index contributed by atoms with van der Waals surface area (Å²) in [6.07, 6.45) is 9.87. The predicted octanol–water partition coefficient (Wildman–Crippen LogP) is 5.96. The maximum Gasteiger partial charge on any atom is 0.229 e. The maximum absolute atomic E-state index is 6.01. The van der Waals surface area contributed by atoms with E-state index in [0.29, 0.717) is 17.8 Å². The first-order valence-corrected chi connectivity index (χ1v) is 20.9. The van der Waals surface area contributed by atoms with Crippen molar-refractivity contribution in [2.24, 2.45) is 0 Å². The van der Waals surface area contributed by atoms with E-state index in [0.717, 1.165) is 69.5 Å². The molecule has 0 aliphatic carbocycles. The van der Waals surface area contributed by atoms with Crippen LogP contribution in [0.2, 0.25) is 0 Å². The Morgan fingerprint density at radius 3 is 2.43 bits per heavy atom. The lowest BCUT2D eigenvalue weighted by atomic mass is 9.86. The molecule has 4 aliphatic rings. The van der Waals surface area contributed by atoms with Crippen LogP contribution in [0.3, 0.4) is 0 Å². The highest BCUT2D eigenvalue weighted by Gasteiger charge is 2.44. The Labute approximate surface area is 290 Å². The van der Waals surface area contributed by atoms with Gasteiger partial charge in [-0.1, -0.05) is 18.7 Å². The van der Waals surface area contributed by atoms with Crippen molar-refractivity contribution in [2.45, 2.75) is 50.7 Å². The first-order valence-electron chi connectivity index (χ1n) is 16.4. The number of piperidine rings is 2. The largest absolute Gasteiger partial charge is 0.494 e. The minimum absolute atomic E-state index is 0.462. The number of piperazine rings is 1. The fourth-order valence-corrected chi connectivity index (χ4v) is 9.73. The average molecular weight is 737 g/mol. The molecule has 47 heavy (non-hydrogen) atoms. The first kappa shape index (κ1) is 32.6. The van der Waals surface area contributed by atoms with Crippen molar-refractivity contribution in [3.05, 3.63) is 52.9 Å². The molecule has 13 heteroatoms. The van der Waals surface area contributed by atoms with Crippen LogP contribution in [-0.2, 0) is 18.2 Å². The van der Waals surface area contributed by atoms with Gasteiger partial charge in [0.2, 0.25) is 5.95 Å². The summed E-state index contributed by atoms with van der Waals surface area (Å²) in [4.78, 5) is 26.5. The summed E-state index contributed by atoms with van der Waals surface area (Å²) in [6, 6.07) is 8.65. The number of benzene rings is 2. The zero-order chi connectivity index (χ0) is 32.9. The van der Waals surface area contributed by atoms with Gasteiger partial charge in [-0.2, -0.15) is 4.98 Å². The van der Waals surface area contributed by atoms with Crippen LogP contribution >= 0.6 is 22.0 Å². The topological polar surface area (TPSA) is 94.6 Å². The van der Waals surface area contributed by atoms with E-state index in [-0.39, 0.29) is 0 Å². The average Bonchev–Trinajstić information content (AvgIpc) is 3.08. The Morgan fingerprint density at radius 1 is 1.00 bits per heavy atom. The molecule has 248 valence electrons. The summed E-state index contributed by atoms with van der Waals surface area (Å²) in [5.74, 6) is 1.86. The van der Waals surface area contributed by atoms with Crippen LogP contribution in [0.5, 0.6) is 5.75 Å². The standard InChI is InChI=1S/C34H43BrN9OPS/c1-6-21-15-28(30(45-3)17-29(21)43-13-9-22(10-14-43)44-19-23-16-24(20-44)42(23)2)40-34-38-18-25(35)33(41-34)39-27-8-7-26-31(37-12-11-36-26)32(27)46(4,5)47/h7-8,11-12,15,17-18,22-24H,6,9-10,13-14,16,19-20H2,1-5H3,(H2,38,39,40,41). The summed E-state index contributed by atoms with van der Waals surface area (Å²) >= 11 is 9.65. The number of aryl methyl sites for hydroxylation is 1. The Balaban J connectivity index is 1.10. The molecule has 2 aromatic carbocycles. The molecule has 4 fully saturated rings. The Kier molecular flexibility index (Phi) is 9.17. The molecule has 0 saturated carbocycles. The van der Waals surface area contributed by atoms with Crippen LogP contribution in [0.25, 0.3) is 11.0 Å². The van der Waals surface area contributed by atoms with Crippen molar-refractivity contribution >= 4 is 78.9 Å². The normalized spacial score (nSPS) is 20.7. The second-order valence-corrected chi connectivity index (χ2v) is 20.0. The number of nitrogens with one attached hydrogen (secondary N) is 2. The highest BCUT2D eigenvalue weighted by Crippen LogP contribution is 2.42. The van der Waals surface area contributed by atoms with Gasteiger partial charge in [0.05, 0.1) is 34.0 Å². The van der Waals surface area contributed by atoms with Gasteiger partial charge in [0.1, 0.15) is 11.6 Å². The lowest BCUT2D eigenvalue weighted by Gasteiger charge is -2.57. The molecule has 6 heterocycles. The van der Waals surface area contributed by atoms with Crippen LogP contribution in [0, 0.1) is 0 Å². The zero-order valence-electron chi connectivity index (χ0n) is 27.7. The van der Waals surface area contributed by atoms with E-state index in [1.165, 1.54) is 43.6 Å². The molecule has 0 spiro atoms. The SMILES string of the molecule is CCc1cc(Nc2ncc(Br)c(Nc3ccc4nccnc4c3P(C)(C)=S)n2)c(OC)cc1N1CCC(N2CC3CC(C2)N3C)CC1. The number of nitrogens with zero attached hydrogens (tertiary/aromatic N) is 7. The van der Waals surface area contributed by atoms with E-state index in [1.807, 2.05) is 12.1 Å². The highest BCUT2D eigenvalue weighted by atomic mass is 79.9. The van der Waals surface area contributed by atoms with Gasteiger partial charge < -0.3 is 20.3 Å². The molecule has 2 N–H and O–H groups in total. The molecule has 0 radical (unpaired) electrons. The molecule has 2 bridgehead atoms. The van der Waals surface area contributed by atoms with E-state index in [2.05, 4.69) is 95.6 Å². The summed E-state index contributed by atoms with van der Waals surface area (Å²) < 4.78 is 6.67. The number of hydrogen-bond donors (Lipinski definition) is 2. The highest BCUT2D eigenvalue weighted by molar-refractivity contribution is 9.10. The molecular formula is C34H43BrN9OPS. The third kappa shape index (κ3) is 6.47. The number of rotatable bonds is 9. The van der Waals surface area contributed by atoms with Crippen molar-refractivity contribution in [2.75, 3.05) is 69.2 Å². The van der Waals surface area contributed by atoms with Gasteiger partial charge >= 0.3 is 0 Å². The van der Waals surface area contributed by atoms with Crippen LogP contribution in [0.4, 0.5) is 28.8 Å². The molecule has 2 aromatic heterocycles. The van der Waals surface area contributed by atoms with E-state index in [9.17, 15) is 0 Å². The number of aromatic nitrogens is 4. The predicted molar refractivity (Wildman–Crippen MR) is 201 cm³/mol. The Hall–Kier alpha value is -2.89. The van der Waals surface area contributed by atoms with E-state index in [4.69, 9.17) is 21.5 Å². The summed E-state index contributed by atoms with van der Waals surface area (Å²) in [5.41, 5.74) is 5.91. The maximum atomic E-state index is 6.01. The molecule has 4 aliphatic heterocycles. The van der Waals surface area contributed by atoms with Gasteiger partial charge in [-0.05, 0) is 91.8 Å². The first-order chi connectivity index (χ1) is 22.6. The third-order valence-corrected chi connectivity index (χ3v) is 12.7. The van der Waals surface area contributed by atoms with Crippen molar-refractivity contribution in [3.8, 4) is 5.75 Å². The molecule has 10 nitrogen and oxygen atoms in total. The monoisotopic (exact) mass is 735 g/mol. The minimum atomic E-state index is -1.90. The van der Waals surface area contributed by atoms with Gasteiger partial charge in [0, 0.05) is 80.0 Å². The van der Waals surface area contributed by atoms with E-state index in [1.54, 1.807) is 25.7 Å². The molecule has 2 atom stereocenters. The number of methoxy groups -OCH3 is 1. The van der Waals surface area contributed by atoms with Gasteiger partial charge in [-0.25, -0.2) is 4.98 Å². The fraction of sp³-hybridized carbons (Fsp3) is 0.471. The molecule has 4 aromatic rings. The Bertz CT molecular complexity index is 1830. The molecule has 4 saturated heterocycles. The van der Waals surface area contributed by atoms with Gasteiger partial charge in [0.15, 0.2) is 0 Å². The Morgan fingerprint density at radius 2 is 1.74 bits per heavy atom. The van der Waals surface area contributed by atoms with Crippen molar-refractivity contribution in [3.63, 3.8) is 0 Å². The fourth-order valence-electron chi connectivity index (χ4n) is 7.49. The number of hydrogen-bond acceptors (Lipinski definition) is 11. The number of likely N-dealkylation sites (N-methyl/N-ethyl adjacent to an activating group) is 1. The molecular weight excluding hydrogens is 693 g/mol. The number of fused-ring (bicyclic) bond motifs is 3. The minimum Gasteiger partial charge on any atom is -0.494 e. The lowest BCUT2D eigenvalue weighted by Crippen LogP contribution is -2.69. The second-order valence-electron chi connectivity index (χ2n) is 13.3. The number of anilines is 5. The van der Waals surface area contributed by atoms with E-state index >= 15 is 0 Å². The summed E-state index contributed by atoms with van der Waals surface area (Å²) in [5, 5.41) is 7.97. The van der Waals surface area contributed by atoms with Gasteiger partial charge in [0.25, 0.3) is 0 Å². The van der Waals surface area contributed by atoms with Crippen molar-refractivity contribution in [1.29, 1.82) is 0 Å². The molecule has 2 unspecified atom stereocenters. The van der Waals surface area contributed by atoms with Crippen LogP contribution in [-0.4, -0.2) is 102 Å². The second kappa shape index (κ2) is 13.2. The van der Waals surface area contributed by atoms with Crippen LogP contribution in [0.15, 0.2) is 47.3 Å².